The van der Waals surface area contributed by atoms with Crippen molar-refractivity contribution in [1.29, 1.82) is 0 Å². The Bertz CT molecular complexity index is 1010. The van der Waals surface area contributed by atoms with Gasteiger partial charge < -0.3 is 43.7 Å². The summed E-state index contributed by atoms with van der Waals surface area (Å²) in [5.74, 6) is -2.50. The van der Waals surface area contributed by atoms with Crippen LogP contribution in [0.5, 0.6) is 0 Å². The summed E-state index contributed by atoms with van der Waals surface area (Å²) >= 11 is 0. The van der Waals surface area contributed by atoms with Crippen molar-refractivity contribution >= 4 is 17.9 Å². The van der Waals surface area contributed by atoms with E-state index in [9.17, 15) is 29.7 Å². The quantitative estimate of drug-likeness (QED) is 0.0306. The molecule has 12 nitrogen and oxygen atoms in total. The number of rotatable bonds is 41. The minimum absolute atomic E-state index is 0.0428. The Labute approximate surface area is 353 Å². The van der Waals surface area contributed by atoms with Gasteiger partial charge in [-0.1, -0.05) is 136 Å². The fraction of sp³-hybridized carbons (Fsp3) is 0.935. The van der Waals surface area contributed by atoms with Crippen LogP contribution >= 0.6 is 0 Å². The summed E-state index contributed by atoms with van der Waals surface area (Å²) in [6.07, 6.45) is 25.2. The van der Waals surface area contributed by atoms with Crippen LogP contribution in [-0.2, 0) is 42.8 Å². The smallest absolute Gasteiger partial charge is 0.318 e. The summed E-state index contributed by atoms with van der Waals surface area (Å²) in [7, 11) is 1.39. The molecule has 344 valence electrons. The number of aliphatic hydroxyl groups excluding tert-OH is 3. The molecule has 0 aliphatic rings. The first-order valence-corrected chi connectivity index (χ1v) is 22.8. The molecule has 0 aromatic carbocycles. The Morgan fingerprint density at radius 3 is 1.09 bits per heavy atom. The van der Waals surface area contributed by atoms with E-state index in [1.165, 1.54) is 131 Å². The predicted octanol–water partition coefficient (Wildman–Crippen LogP) is 8.53. The number of methoxy groups -OCH3 is 1. The number of esters is 3. The van der Waals surface area contributed by atoms with Crippen LogP contribution in [0.15, 0.2) is 0 Å². The highest BCUT2D eigenvalue weighted by molar-refractivity contribution is 5.81. The Morgan fingerprint density at radius 2 is 0.741 bits per heavy atom. The molecule has 0 heterocycles. The van der Waals surface area contributed by atoms with Gasteiger partial charge in [0.2, 0.25) is 0 Å². The van der Waals surface area contributed by atoms with Crippen LogP contribution in [-0.4, -0.2) is 113 Å². The topological polar surface area (TPSA) is 167 Å². The van der Waals surface area contributed by atoms with Gasteiger partial charge in [0.25, 0.3) is 0 Å². The van der Waals surface area contributed by atoms with Crippen molar-refractivity contribution in [1.82, 2.24) is 0 Å². The lowest BCUT2D eigenvalue weighted by molar-refractivity contribution is -0.182. The first-order chi connectivity index (χ1) is 27.8. The van der Waals surface area contributed by atoms with Gasteiger partial charge in [-0.05, 0) is 40.0 Å². The molecule has 3 N–H and O–H groups in total. The predicted molar refractivity (Wildman–Crippen MR) is 228 cm³/mol. The van der Waals surface area contributed by atoms with E-state index in [0.29, 0.717) is 32.8 Å². The molecule has 0 fully saturated rings. The van der Waals surface area contributed by atoms with Crippen molar-refractivity contribution in [3.63, 3.8) is 0 Å². The fourth-order valence-corrected chi connectivity index (χ4v) is 6.41. The van der Waals surface area contributed by atoms with Crippen LogP contribution in [0.3, 0.4) is 0 Å². The lowest BCUT2D eigenvalue weighted by atomic mass is 9.87. The maximum absolute atomic E-state index is 14.0. The Morgan fingerprint density at radius 1 is 0.414 bits per heavy atom. The number of carbonyl (C=O) groups is 3. The molecule has 0 aromatic rings. The minimum Gasteiger partial charge on any atom is -0.464 e. The third kappa shape index (κ3) is 23.8. The highest BCUT2D eigenvalue weighted by Gasteiger charge is 2.44. The first-order valence-electron chi connectivity index (χ1n) is 22.8. The van der Waals surface area contributed by atoms with E-state index < -0.39 is 72.6 Å². The second-order valence-corrected chi connectivity index (χ2v) is 17.6. The molecule has 0 radical (unpaired) electrons. The van der Waals surface area contributed by atoms with Crippen molar-refractivity contribution in [2.24, 2.45) is 21.7 Å². The van der Waals surface area contributed by atoms with Gasteiger partial charge in [-0.25, -0.2) is 0 Å². The maximum Gasteiger partial charge on any atom is 0.318 e. The van der Waals surface area contributed by atoms with E-state index in [2.05, 4.69) is 13.8 Å². The molecular weight excluding hydrogens is 744 g/mol. The monoisotopic (exact) mass is 833 g/mol. The summed E-state index contributed by atoms with van der Waals surface area (Å²) < 4.78 is 34.6. The number of ether oxygens (including phenoxy) is 6. The molecule has 0 bridgehead atoms. The zero-order valence-corrected chi connectivity index (χ0v) is 38.1. The van der Waals surface area contributed by atoms with Crippen LogP contribution in [0.25, 0.3) is 0 Å². The third-order valence-corrected chi connectivity index (χ3v) is 11.4. The average Bonchev–Trinajstić information content (AvgIpc) is 3.23. The largest absolute Gasteiger partial charge is 0.464 e. The van der Waals surface area contributed by atoms with Gasteiger partial charge in [0.05, 0.1) is 45.1 Å². The molecule has 0 amide bonds. The zero-order valence-electron chi connectivity index (χ0n) is 38.1. The number of hydrogen-bond acceptors (Lipinski definition) is 12. The van der Waals surface area contributed by atoms with Crippen LogP contribution in [0.2, 0.25) is 0 Å². The van der Waals surface area contributed by atoms with Crippen molar-refractivity contribution < 1.29 is 58.1 Å². The Kier molecular flexibility index (Phi) is 32.8. The Balaban J connectivity index is 5.67. The highest BCUT2D eigenvalue weighted by Crippen LogP contribution is 2.30. The van der Waals surface area contributed by atoms with Crippen LogP contribution in [0.4, 0.5) is 0 Å². The van der Waals surface area contributed by atoms with Gasteiger partial charge >= 0.3 is 17.9 Å². The maximum atomic E-state index is 14.0. The number of unbranched alkanes of at least 4 members (excludes halogenated alkanes) is 18. The van der Waals surface area contributed by atoms with Gasteiger partial charge in [0.1, 0.15) is 36.1 Å². The van der Waals surface area contributed by atoms with Gasteiger partial charge in [0, 0.05) is 20.3 Å². The number of hydrogen-bond donors (Lipinski definition) is 3. The third-order valence-electron chi connectivity index (χ3n) is 11.4. The second-order valence-electron chi connectivity index (χ2n) is 17.6. The minimum atomic E-state index is -1.67. The van der Waals surface area contributed by atoms with E-state index >= 15 is 0 Å². The molecule has 0 spiro atoms. The van der Waals surface area contributed by atoms with Crippen molar-refractivity contribution in [2.75, 3.05) is 79.8 Å². The van der Waals surface area contributed by atoms with Crippen LogP contribution < -0.4 is 0 Å². The van der Waals surface area contributed by atoms with Crippen molar-refractivity contribution in [3.8, 4) is 0 Å². The highest BCUT2D eigenvalue weighted by atomic mass is 16.6. The molecule has 0 rings (SSSR count). The molecule has 12 heteroatoms. The molecule has 0 aliphatic carbocycles. The molecule has 0 aliphatic heterocycles. The van der Waals surface area contributed by atoms with E-state index in [0.717, 1.165) is 25.7 Å². The van der Waals surface area contributed by atoms with Gasteiger partial charge in [0.15, 0.2) is 0 Å². The molecule has 0 saturated heterocycles. The van der Waals surface area contributed by atoms with E-state index in [4.69, 9.17) is 28.4 Å². The summed E-state index contributed by atoms with van der Waals surface area (Å²) in [6, 6.07) is 0. The lowest BCUT2D eigenvalue weighted by Gasteiger charge is -2.35. The first kappa shape index (κ1) is 56.2. The SMILES string of the molecule is CCCCCCCCCCCCOCC(CC)(COCCCCCCCCCCCC)COC(=O)C(C)(COC(=O)C(C)(CO)CO)COC(=O)C(C)(CO)COC. The summed E-state index contributed by atoms with van der Waals surface area (Å²) in [5, 5.41) is 29.4. The van der Waals surface area contributed by atoms with Gasteiger partial charge in [-0.15, -0.1) is 0 Å². The summed E-state index contributed by atoms with van der Waals surface area (Å²) in [5.41, 5.74) is -5.32. The van der Waals surface area contributed by atoms with Crippen molar-refractivity contribution in [2.45, 2.75) is 176 Å². The second kappa shape index (κ2) is 33.8. The van der Waals surface area contributed by atoms with Crippen LogP contribution in [0, 0.1) is 21.7 Å². The summed E-state index contributed by atoms with van der Waals surface area (Å²) in [4.78, 5) is 39.9. The summed E-state index contributed by atoms with van der Waals surface area (Å²) in [6.45, 7) is 9.41. The standard InChI is InChI=1S/C46H88O12/c1-8-11-13-15-17-19-21-23-25-27-29-54-37-46(10-3,38-55-30-28-26-24-22-20-18-16-14-12-9-2)39-58-42(52)45(6,35-56-40(50)43(4,31-47)32-48)36-57-41(51)44(5,33-49)34-53-7/h47-49H,8-39H2,1-7H3. The Hall–Kier alpha value is -1.83. The molecule has 2 atom stereocenters. The van der Waals surface area contributed by atoms with E-state index in [1.807, 2.05) is 6.92 Å². The molecule has 58 heavy (non-hydrogen) atoms. The molecular formula is C46H88O12. The number of carbonyl (C=O) groups excluding carboxylic acids is 3. The van der Waals surface area contributed by atoms with E-state index in [1.54, 1.807) is 0 Å². The number of aliphatic hydroxyl groups is 3. The lowest BCUT2D eigenvalue weighted by Crippen LogP contribution is -2.47. The molecule has 2 unspecified atom stereocenters. The molecule has 0 aromatic heterocycles. The van der Waals surface area contributed by atoms with Gasteiger partial charge in [-0.3, -0.25) is 14.4 Å². The van der Waals surface area contributed by atoms with Crippen LogP contribution in [0.1, 0.15) is 176 Å². The van der Waals surface area contributed by atoms with E-state index in [-0.39, 0.29) is 13.2 Å². The normalized spacial score (nSPS) is 14.2. The fourth-order valence-electron chi connectivity index (χ4n) is 6.41. The zero-order chi connectivity index (χ0) is 43.6. The van der Waals surface area contributed by atoms with Crippen molar-refractivity contribution in [3.05, 3.63) is 0 Å². The van der Waals surface area contributed by atoms with Gasteiger partial charge in [-0.2, -0.15) is 0 Å². The molecule has 0 saturated carbocycles. The average molecular weight is 833 g/mol.